The molecule has 11 nitrogen and oxygen atoms in total. The molecule has 5 rings (SSSR count). The molecule has 1 saturated heterocycles. The lowest BCUT2D eigenvalue weighted by Crippen LogP contribution is -2.43. The summed E-state index contributed by atoms with van der Waals surface area (Å²) in [6.07, 6.45) is -1.37. The van der Waals surface area contributed by atoms with Crippen LogP contribution in [0.2, 0.25) is 0 Å². The summed E-state index contributed by atoms with van der Waals surface area (Å²) in [4.78, 5) is 40.5. The number of ether oxygens (including phenoxy) is 2. The van der Waals surface area contributed by atoms with Crippen molar-refractivity contribution in [3.8, 4) is 11.7 Å². The first-order valence-corrected chi connectivity index (χ1v) is 12.5. The quantitative estimate of drug-likeness (QED) is 0.483. The number of benzene rings is 1. The van der Waals surface area contributed by atoms with Crippen LogP contribution in [0.1, 0.15) is 31.5 Å². The Morgan fingerprint density at radius 2 is 1.89 bits per heavy atom. The maximum absolute atomic E-state index is 14.0. The third-order valence-corrected chi connectivity index (χ3v) is 6.59. The van der Waals surface area contributed by atoms with Crippen molar-refractivity contribution >= 4 is 28.8 Å². The number of halogens is 2. The molecule has 38 heavy (non-hydrogen) atoms. The van der Waals surface area contributed by atoms with E-state index in [1.165, 1.54) is 29.6 Å². The van der Waals surface area contributed by atoms with E-state index in [0.29, 0.717) is 62.5 Å². The molecule has 1 aromatic carbocycles. The minimum atomic E-state index is -2.82. The van der Waals surface area contributed by atoms with Crippen LogP contribution in [0.15, 0.2) is 30.3 Å². The molecule has 202 valence electrons. The number of anilines is 1. The van der Waals surface area contributed by atoms with Gasteiger partial charge in [0.15, 0.2) is 5.82 Å². The fourth-order valence-electron chi connectivity index (χ4n) is 4.71. The van der Waals surface area contributed by atoms with Gasteiger partial charge in [0, 0.05) is 45.7 Å². The number of nitrogens with zero attached hydrogens (tertiary/aromatic N) is 6. The average molecular weight is 530 g/mol. The van der Waals surface area contributed by atoms with E-state index in [9.17, 15) is 18.4 Å². The van der Waals surface area contributed by atoms with Gasteiger partial charge in [-0.05, 0) is 25.0 Å². The summed E-state index contributed by atoms with van der Waals surface area (Å²) in [7, 11) is 3.04. The van der Waals surface area contributed by atoms with E-state index in [-0.39, 0.29) is 23.8 Å². The van der Waals surface area contributed by atoms with Gasteiger partial charge in [0.05, 0.1) is 24.2 Å². The van der Waals surface area contributed by atoms with Gasteiger partial charge >= 0.3 is 11.8 Å². The second kappa shape index (κ2) is 10.9. The number of rotatable bonds is 6. The first-order valence-electron chi connectivity index (χ1n) is 12.5. The van der Waals surface area contributed by atoms with Gasteiger partial charge in [0.1, 0.15) is 11.9 Å². The first kappa shape index (κ1) is 25.8. The van der Waals surface area contributed by atoms with Crippen LogP contribution in [0.5, 0.6) is 5.88 Å². The van der Waals surface area contributed by atoms with Crippen molar-refractivity contribution in [2.24, 2.45) is 0 Å². The van der Waals surface area contributed by atoms with E-state index in [1.807, 2.05) is 4.90 Å². The minimum Gasteiger partial charge on any atom is -0.474 e. The predicted octanol–water partition coefficient (Wildman–Crippen LogP) is 2.09. The summed E-state index contributed by atoms with van der Waals surface area (Å²) < 4.78 is 41.1. The zero-order chi connectivity index (χ0) is 26.8. The van der Waals surface area contributed by atoms with Crippen LogP contribution >= 0.6 is 0 Å². The maximum Gasteiger partial charge on any atom is 0.311 e. The third kappa shape index (κ3) is 5.37. The number of alkyl halides is 2. The maximum atomic E-state index is 14.0. The zero-order valence-corrected chi connectivity index (χ0v) is 21.1. The second-order valence-electron chi connectivity index (χ2n) is 9.48. The number of likely N-dealkylation sites (N-methyl/N-ethyl adjacent to an activating group) is 1. The van der Waals surface area contributed by atoms with Crippen molar-refractivity contribution in [2.45, 2.75) is 37.8 Å². The molecule has 2 atom stereocenters. The molecule has 3 heterocycles. The Kier molecular flexibility index (Phi) is 7.36. The summed E-state index contributed by atoms with van der Waals surface area (Å²) in [5.41, 5.74) is 0.924. The van der Waals surface area contributed by atoms with Gasteiger partial charge in [-0.15, -0.1) is 0 Å². The van der Waals surface area contributed by atoms with Crippen molar-refractivity contribution in [3.05, 3.63) is 36.2 Å². The second-order valence-corrected chi connectivity index (χ2v) is 9.48. The highest BCUT2D eigenvalue weighted by molar-refractivity contribution is 6.34. The number of para-hydroxylation sites is 2. The third-order valence-electron chi connectivity index (χ3n) is 6.59. The van der Waals surface area contributed by atoms with Crippen LogP contribution in [0.25, 0.3) is 16.9 Å². The van der Waals surface area contributed by atoms with Gasteiger partial charge in [-0.3, -0.25) is 14.2 Å². The number of hydrogen-bond acceptors (Lipinski definition) is 8. The molecule has 2 aliphatic rings. The lowest BCUT2D eigenvalue weighted by molar-refractivity contribution is -0.144. The molecule has 1 aliphatic heterocycles. The topological polar surface area (TPSA) is 115 Å². The molecule has 2 fully saturated rings. The van der Waals surface area contributed by atoms with Gasteiger partial charge in [-0.2, -0.15) is 9.97 Å². The van der Waals surface area contributed by atoms with Gasteiger partial charge in [-0.1, -0.05) is 12.1 Å². The molecule has 1 saturated carbocycles. The lowest BCUT2D eigenvalue weighted by Gasteiger charge is -2.27. The highest BCUT2D eigenvalue weighted by Gasteiger charge is 2.31. The Morgan fingerprint density at radius 3 is 2.63 bits per heavy atom. The molecule has 3 aromatic rings. The Morgan fingerprint density at radius 1 is 1.13 bits per heavy atom. The Bertz CT molecular complexity index is 1330. The fourth-order valence-corrected chi connectivity index (χ4v) is 4.71. The molecule has 0 unspecified atom stereocenters. The average Bonchev–Trinajstić information content (AvgIpc) is 3.52. The number of carbonyl (C=O) groups excluding carboxylic acids is 2. The molecular formula is C25H29F2N7O4. The summed E-state index contributed by atoms with van der Waals surface area (Å²) >= 11 is 0. The molecule has 2 amide bonds. The van der Waals surface area contributed by atoms with Crippen LogP contribution < -0.4 is 15.0 Å². The number of imidazole rings is 1. The van der Waals surface area contributed by atoms with E-state index in [0.717, 1.165) is 0 Å². The molecular weight excluding hydrogens is 500 g/mol. The van der Waals surface area contributed by atoms with Crippen LogP contribution in [0.4, 0.5) is 14.7 Å². The van der Waals surface area contributed by atoms with E-state index in [4.69, 9.17) is 9.47 Å². The number of nitrogens with one attached hydrogen (secondary N) is 1. The van der Waals surface area contributed by atoms with Crippen LogP contribution in [-0.2, 0) is 14.3 Å². The fraction of sp³-hybridized carbons (Fsp3) is 0.480. The van der Waals surface area contributed by atoms with Crippen molar-refractivity contribution < 1.29 is 27.8 Å². The van der Waals surface area contributed by atoms with Crippen molar-refractivity contribution in [3.63, 3.8) is 0 Å². The Labute approximate surface area is 217 Å². The molecule has 13 heteroatoms. The molecule has 2 aromatic heterocycles. The van der Waals surface area contributed by atoms with Crippen LogP contribution in [0.3, 0.4) is 0 Å². The standard InChI is InChI=1S/C25H29F2N7O4/c1-32(2)24(36)23(35)28-15-7-8-16(13-15)38-20-14-19(30-25(31-20)33-9-11-37-12-10-33)34-18-6-4-3-5-17(18)29-22(34)21(26)27/h3-6,14-16,21H,7-13H2,1-2H3,(H,28,35)/t15-,16-/m0/s1. The van der Waals surface area contributed by atoms with Crippen molar-refractivity contribution in [1.29, 1.82) is 0 Å². The normalized spacial score (nSPS) is 19.7. The van der Waals surface area contributed by atoms with Gasteiger partial charge in [-0.25, -0.2) is 13.8 Å². The number of aromatic nitrogens is 4. The number of carbonyl (C=O) groups is 2. The molecule has 0 spiro atoms. The molecule has 1 N–H and O–H groups in total. The minimum absolute atomic E-state index is 0.222. The SMILES string of the molecule is CN(C)C(=O)C(=O)N[C@H]1CC[C@H](Oc2cc(-n3c(C(F)F)nc4ccccc43)nc(N3CCOCC3)n2)C1. The van der Waals surface area contributed by atoms with Gasteiger partial charge in [0.2, 0.25) is 11.8 Å². The van der Waals surface area contributed by atoms with Crippen molar-refractivity contribution in [1.82, 2.24) is 29.7 Å². The first-order chi connectivity index (χ1) is 18.3. The van der Waals surface area contributed by atoms with Crippen LogP contribution in [-0.4, -0.2) is 88.8 Å². The van der Waals surface area contributed by atoms with Gasteiger partial charge < -0.3 is 24.6 Å². The molecule has 0 radical (unpaired) electrons. The molecule has 1 aliphatic carbocycles. The zero-order valence-electron chi connectivity index (χ0n) is 21.1. The van der Waals surface area contributed by atoms with E-state index in [2.05, 4.69) is 20.3 Å². The smallest absolute Gasteiger partial charge is 0.311 e. The Hall–Kier alpha value is -3.87. The summed E-state index contributed by atoms with van der Waals surface area (Å²) in [6, 6.07) is 8.19. The number of hydrogen-bond donors (Lipinski definition) is 1. The van der Waals surface area contributed by atoms with E-state index >= 15 is 0 Å². The summed E-state index contributed by atoms with van der Waals surface area (Å²) in [5, 5.41) is 2.75. The van der Waals surface area contributed by atoms with Gasteiger partial charge in [0.25, 0.3) is 6.43 Å². The highest BCUT2D eigenvalue weighted by Crippen LogP contribution is 2.31. The predicted molar refractivity (Wildman–Crippen MR) is 134 cm³/mol. The summed E-state index contributed by atoms with van der Waals surface area (Å²) in [6.45, 7) is 2.09. The monoisotopic (exact) mass is 529 g/mol. The number of morpholine rings is 1. The molecule has 0 bridgehead atoms. The largest absolute Gasteiger partial charge is 0.474 e. The Balaban J connectivity index is 1.44. The van der Waals surface area contributed by atoms with Crippen LogP contribution in [0, 0.1) is 0 Å². The van der Waals surface area contributed by atoms with E-state index in [1.54, 1.807) is 24.3 Å². The number of amides is 2. The lowest BCUT2D eigenvalue weighted by atomic mass is 10.2. The number of fused-ring (bicyclic) bond motifs is 1. The highest BCUT2D eigenvalue weighted by atomic mass is 19.3. The van der Waals surface area contributed by atoms with Crippen molar-refractivity contribution in [2.75, 3.05) is 45.3 Å². The summed E-state index contributed by atoms with van der Waals surface area (Å²) in [5.74, 6) is -0.898. The van der Waals surface area contributed by atoms with E-state index < -0.39 is 24.1 Å².